The minimum absolute atomic E-state index is 0.00684. The minimum atomic E-state index is -1.23. The van der Waals surface area contributed by atoms with Crippen LogP contribution in [0.5, 0.6) is 0 Å². The number of fused-ring (bicyclic) bond motifs is 11. The average molecular weight is 663 g/mol. The van der Waals surface area contributed by atoms with E-state index in [9.17, 15) is 24.3 Å². The molecule has 3 aromatic heterocycles. The molecule has 3 aliphatic rings. The smallest absolute Gasteiger partial charge is 0.340 e. The van der Waals surface area contributed by atoms with E-state index in [0.29, 0.717) is 56.0 Å². The molecular formula is C37H34N4O8. The summed E-state index contributed by atoms with van der Waals surface area (Å²) in [5.74, 6) is -4.26. The molecule has 0 radical (unpaired) electrons. The Labute approximate surface area is 280 Å². The van der Waals surface area contributed by atoms with Gasteiger partial charge in [0.2, 0.25) is 0 Å². The number of carbonyl (C=O) groups excluding carboxylic acids is 3. The fraction of sp³-hybridized carbons (Fsp3) is 0.243. The van der Waals surface area contributed by atoms with E-state index in [0.717, 1.165) is 11.1 Å². The van der Waals surface area contributed by atoms with Gasteiger partial charge in [0.1, 0.15) is 5.92 Å². The number of carboxylic acids is 1. The Bertz CT molecular complexity index is 2300. The number of H-pyrrole nitrogens is 2. The average Bonchev–Trinajstić information content (AvgIpc) is 3.74. The molecule has 250 valence electrons. The van der Waals surface area contributed by atoms with Gasteiger partial charge in [-0.1, -0.05) is 24.8 Å². The van der Waals surface area contributed by atoms with Crippen LogP contribution >= 0.6 is 0 Å². The molecule has 0 saturated heterocycles. The van der Waals surface area contributed by atoms with Crippen LogP contribution in [0.3, 0.4) is 0 Å². The van der Waals surface area contributed by atoms with E-state index >= 15 is 0 Å². The zero-order valence-corrected chi connectivity index (χ0v) is 28.0. The molecule has 3 aromatic rings. The number of nitrogens with zero attached hydrogens (tertiary/aromatic N) is 2. The molecule has 0 spiro atoms. The summed E-state index contributed by atoms with van der Waals surface area (Å²) in [4.78, 5) is 68.7. The third kappa shape index (κ3) is 4.90. The van der Waals surface area contributed by atoms with Crippen molar-refractivity contribution in [1.82, 2.24) is 19.9 Å². The van der Waals surface area contributed by atoms with Gasteiger partial charge in [0.25, 0.3) is 0 Å². The van der Waals surface area contributed by atoms with Crippen molar-refractivity contribution in [1.29, 1.82) is 0 Å². The highest BCUT2D eigenvalue weighted by molar-refractivity contribution is 6.06. The number of methoxy groups -OCH3 is 3. The normalized spacial score (nSPS) is 18.2. The van der Waals surface area contributed by atoms with Gasteiger partial charge in [0.15, 0.2) is 0 Å². The van der Waals surface area contributed by atoms with Crippen LogP contribution < -0.4 is 0 Å². The maximum atomic E-state index is 13.6. The lowest BCUT2D eigenvalue weighted by Crippen LogP contribution is -2.42. The number of ether oxygens (including phenoxy) is 3. The Hall–Kier alpha value is -6.04. The third-order valence-electron chi connectivity index (χ3n) is 9.66. The lowest BCUT2D eigenvalue weighted by molar-refractivity contribution is -0.149. The molecule has 0 saturated carbocycles. The van der Waals surface area contributed by atoms with Crippen molar-refractivity contribution in [2.75, 3.05) is 21.3 Å². The SMILES string of the molecule is C=CC1=C(C)c2cc3[nH]c(cc4[nH]c(cc5nc(cc1n2)C1(C)C5=CC=C(C(=O)OC)C1C(=O)OC)c(C)c4C(=O)O)c(C(=O)OC)c3C. The summed E-state index contributed by atoms with van der Waals surface area (Å²) in [5, 5.41) is 10.3. The zero-order valence-electron chi connectivity index (χ0n) is 28.0. The molecule has 2 atom stereocenters. The maximum Gasteiger partial charge on any atom is 0.340 e. The van der Waals surface area contributed by atoms with Crippen molar-refractivity contribution in [2.45, 2.75) is 33.1 Å². The number of carboxylic acid groups (broad SMARTS) is 1. The monoisotopic (exact) mass is 662 g/mol. The highest BCUT2D eigenvalue weighted by Gasteiger charge is 2.53. The molecule has 0 aromatic carbocycles. The van der Waals surface area contributed by atoms with Gasteiger partial charge < -0.3 is 29.3 Å². The molecule has 0 fully saturated rings. The second kappa shape index (κ2) is 11.9. The lowest BCUT2D eigenvalue weighted by atomic mass is 9.64. The fourth-order valence-electron chi connectivity index (χ4n) is 7.01. The molecule has 12 nitrogen and oxygen atoms in total. The van der Waals surface area contributed by atoms with E-state index in [1.54, 1.807) is 57.2 Å². The molecule has 6 rings (SSSR count). The first-order valence-electron chi connectivity index (χ1n) is 15.3. The van der Waals surface area contributed by atoms with Crippen LogP contribution in [0.15, 0.2) is 54.6 Å². The summed E-state index contributed by atoms with van der Waals surface area (Å²) >= 11 is 0. The zero-order chi connectivity index (χ0) is 35.5. The molecule has 12 heteroatoms. The van der Waals surface area contributed by atoms with E-state index in [-0.39, 0.29) is 22.2 Å². The molecule has 3 N–H and O–H groups in total. The molecule has 0 amide bonds. The third-order valence-corrected chi connectivity index (χ3v) is 9.66. The number of aromatic carboxylic acids is 1. The number of carbonyl (C=O) groups is 4. The van der Waals surface area contributed by atoms with Crippen LogP contribution in [0.25, 0.3) is 38.8 Å². The molecule has 1 aliphatic carbocycles. The van der Waals surface area contributed by atoms with Crippen molar-refractivity contribution in [3.05, 3.63) is 99.7 Å². The van der Waals surface area contributed by atoms with E-state index in [1.807, 2.05) is 6.92 Å². The van der Waals surface area contributed by atoms with E-state index in [4.69, 9.17) is 24.2 Å². The number of hydrogen-bond acceptors (Lipinski definition) is 9. The molecule has 49 heavy (non-hydrogen) atoms. The van der Waals surface area contributed by atoms with Crippen molar-refractivity contribution >= 4 is 62.7 Å². The lowest BCUT2D eigenvalue weighted by Gasteiger charge is -2.36. The van der Waals surface area contributed by atoms with E-state index in [2.05, 4.69) is 16.5 Å². The number of aromatic nitrogens is 4. The van der Waals surface area contributed by atoms with Crippen molar-refractivity contribution < 1.29 is 38.5 Å². The van der Waals surface area contributed by atoms with Crippen LogP contribution in [0, 0.1) is 19.8 Å². The van der Waals surface area contributed by atoms with Gasteiger partial charge in [-0.3, -0.25) is 9.78 Å². The molecule has 2 aliphatic heterocycles. The predicted molar refractivity (Wildman–Crippen MR) is 182 cm³/mol. The Morgan fingerprint density at radius 1 is 0.796 bits per heavy atom. The van der Waals surface area contributed by atoms with Crippen molar-refractivity contribution in [2.24, 2.45) is 5.92 Å². The van der Waals surface area contributed by atoms with Crippen molar-refractivity contribution in [3.8, 4) is 0 Å². The second-order valence-corrected chi connectivity index (χ2v) is 12.1. The number of aromatic amines is 2. The predicted octanol–water partition coefficient (Wildman–Crippen LogP) is 5.78. The number of nitrogens with one attached hydrogen (secondary N) is 2. The Kier molecular flexibility index (Phi) is 7.98. The highest BCUT2D eigenvalue weighted by Crippen LogP contribution is 2.52. The van der Waals surface area contributed by atoms with Crippen LogP contribution in [-0.2, 0) is 29.2 Å². The first kappa shape index (κ1) is 32.9. The number of allylic oxidation sites excluding steroid dienone is 6. The van der Waals surface area contributed by atoms with Crippen LogP contribution in [-0.4, -0.2) is 70.2 Å². The number of rotatable bonds is 5. The first-order chi connectivity index (χ1) is 23.3. The summed E-state index contributed by atoms with van der Waals surface area (Å²) in [6.45, 7) is 11.1. The topological polar surface area (TPSA) is 174 Å². The summed E-state index contributed by atoms with van der Waals surface area (Å²) in [6.07, 6.45) is 4.92. The summed E-state index contributed by atoms with van der Waals surface area (Å²) < 4.78 is 15.4. The maximum absolute atomic E-state index is 13.6. The second-order valence-electron chi connectivity index (χ2n) is 12.1. The van der Waals surface area contributed by atoms with Gasteiger partial charge in [0, 0.05) is 16.6 Å². The summed E-state index contributed by atoms with van der Waals surface area (Å²) in [6, 6.07) is 6.81. The van der Waals surface area contributed by atoms with Gasteiger partial charge in [0.05, 0.1) is 77.3 Å². The van der Waals surface area contributed by atoms with Crippen molar-refractivity contribution in [3.63, 3.8) is 0 Å². The highest BCUT2D eigenvalue weighted by atomic mass is 16.5. The number of aryl methyl sites for hydroxylation is 2. The van der Waals surface area contributed by atoms with Crippen LogP contribution in [0.4, 0.5) is 0 Å². The number of hydrogen-bond donors (Lipinski definition) is 3. The largest absolute Gasteiger partial charge is 0.478 e. The Morgan fingerprint density at radius 3 is 2.00 bits per heavy atom. The Morgan fingerprint density at radius 2 is 1.41 bits per heavy atom. The molecule has 2 unspecified atom stereocenters. The molecule has 5 heterocycles. The Balaban J connectivity index is 1.84. The van der Waals surface area contributed by atoms with Gasteiger partial charge in [-0.25, -0.2) is 19.4 Å². The van der Waals surface area contributed by atoms with Gasteiger partial charge in [-0.2, -0.15) is 0 Å². The van der Waals surface area contributed by atoms with E-state index in [1.165, 1.54) is 27.4 Å². The van der Waals surface area contributed by atoms with Crippen LogP contribution in [0.2, 0.25) is 0 Å². The van der Waals surface area contributed by atoms with E-state index < -0.39 is 35.2 Å². The van der Waals surface area contributed by atoms with Crippen LogP contribution in [0.1, 0.15) is 68.5 Å². The van der Waals surface area contributed by atoms with Gasteiger partial charge in [-0.15, -0.1) is 0 Å². The molecular weight excluding hydrogens is 628 g/mol. The van der Waals surface area contributed by atoms with Gasteiger partial charge in [-0.05, 0) is 74.2 Å². The summed E-state index contributed by atoms with van der Waals surface area (Å²) in [7, 11) is 3.77. The summed E-state index contributed by atoms with van der Waals surface area (Å²) in [5.41, 5.74) is 5.69. The quantitative estimate of drug-likeness (QED) is 0.225. The number of esters is 3. The molecule has 8 bridgehead atoms. The first-order valence-corrected chi connectivity index (χ1v) is 15.3. The van der Waals surface area contributed by atoms with Gasteiger partial charge >= 0.3 is 23.9 Å². The fourth-order valence-corrected chi connectivity index (χ4v) is 7.01. The minimum Gasteiger partial charge on any atom is -0.478 e. The standard InChI is InChI=1S/C37H34N4O8/c1-9-19-16(2)22-12-23-18(4)31(35(45)48-7)28(40-23)14-27-30(33(42)43)17(3)24(39-27)13-26-21-11-10-20(34(44)47-6)32(36(46)49-8)37(21,5)29(41-26)15-25(19)38-22/h9-15,32,39-40H,1H2,2-8H3,(H,42,43).